The van der Waals surface area contributed by atoms with Gasteiger partial charge in [0.2, 0.25) is 0 Å². The Morgan fingerprint density at radius 3 is 2.39 bits per heavy atom. The molecule has 1 aromatic heterocycles. The number of amides is 1. The Morgan fingerprint density at radius 1 is 1.04 bits per heavy atom. The molecule has 1 aromatic carbocycles. The molecule has 2 N–H and O–H groups in total. The van der Waals surface area contributed by atoms with Crippen molar-refractivity contribution in [3.05, 3.63) is 48.2 Å². The maximum Gasteiger partial charge on any atom is 0.276 e. The summed E-state index contributed by atoms with van der Waals surface area (Å²) in [4.78, 5) is 17.1. The van der Waals surface area contributed by atoms with Crippen LogP contribution in [0.5, 0.6) is 0 Å². The molecule has 0 radical (unpaired) electrons. The molecule has 1 saturated heterocycles. The molecule has 0 saturated carbocycles. The van der Waals surface area contributed by atoms with Crippen molar-refractivity contribution in [1.82, 2.24) is 20.0 Å². The fourth-order valence-electron chi connectivity index (χ4n) is 3.15. The van der Waals surface area contributed by atoms with Gasteiger partial charge < -0.3 is 20.4 Å². The van der Waals surface area contributed by atoms with Crippen molar-refractivity contribution in [2.75, 3.05) is 50.4 Å². The van der Waals surface area contributed by atoms with Crippen LogP contribution in [0.15, 0.2) is 42.5 Å². The smallest absolute Gasteiger partial charge is 0.276 e. The number of anilines is 2. The highest BCUT2D eigenvalue weighted by Crippen LogP contribution is 2.17. The van der Waals surface area contributed by atoms with Crippen molar-refractivity contribution in [2.24, 2.45) is 0 Å². The average molecular weight is 383 g/mol. The number of hydrogen-bond acceptors (Lipinski definition) is 6. The van der Waals surface area contributed by atoms with Gasteiger partial charge in [0.15, 0.2) is 5.69 Å². The van der Waals surface area contributed by atoms with E-state index < -0.39 is 0 Å². The van der Waals surface area contributed by atoms with Gasteiger partial charge in [0.05, 0.1) is 0 Å². The number of hydrogen-bond donors (Lipinski definition) is 2. The number of nitrogens with one attached hydrogen (secondary N) is 2. The minimum absolute atomic E-state index is 0.105. The van der Waals surface area contributed by atoms with Crippen molar-refractivity contribution < 1.29 is 4.79 Å². The maximum absolute atomic E-state index is 12.3. The summed E-state index contributed by atoms with van der Waals surface area (Å²) in [6.07, 6.45) is 1.01. The van der Waals surface area contributed by atoms with E-state index in [9.17, 15) is 4.79 Å². The molecule has 0 aliphatic carbocycles. The molecule has 7 nitrogen and oxygen atoms in total. The van der Waals surface area contributed by atoms with Crippen molar-refractivity contribution >= 4 is 17.4 Å². The fraction of sp³-hybridized carbons (Fsp3) is 0.476. The number of likely N-dealkylation sites (N-methyl/N-ethyl adjacent to an activating group) is 1. The fourth-order valence-corrected chi connectivity index (χ4v) is 3.15. The molecule has 0 atom stereocenters. The van der Waals surface area contributed by atoms with Gasteiger partial charge >= 0.3 is 0 Å². The molecule has 2 aromatic rings. The number of benzene rings is 1. The molecule has 0 spiro atoms. The average Bonchev–Trinajstić information content (AvgIpc) is 2.68. The summed E-state index contributed by atoms with van der Waals surface area (Å²) in [6, 6.07) is 12.8. The van der Waals surface area contributed by atoms with Crippen LogP contribution in [0.25, 0.3) is 0 Å². The zero-order valence-electron chi connectivity index (χ0n) is 17.0. The van der Waals surface area contributed by atoms with Crippen LogP contribution < -0.4 is 10.6 Å². The quantitative estimate of drug-likeness (QED) is 0.767. The summed E-state index contributed by atoms with van der Waals surface area (Å²) in [6.45, 7) is 9.90. The summed E-state index contributed by atoms with van der Waals surface area (Å²) in [5, 5.41) is 14.5. The van der Waals surface area contributed by atoms with Crippen LogP contribution in [0.4, 0.5) is 11.5 Å². The first-order chi connectivity index (χ1) is 13.4. The lowest BCUT2D eigenvalue weighted by molar-refractivity contribution is 0.102. The molecular formula is C21H30N6O. The van der Waals surface area contributed by atoms with Crippen LogP contribution >= 0.6 is 0 Å². The number of carbonyl (C=O) groups is 1. The monoisotopic (exact) mass is 382 g/mol. The van der Waals surface area contributed by atoms with Crippen LogP contribution in [0.2, 0.25) is 0 Å². The van der Waals surface area contributed by atoms with E-state index in [0.717, 1.165) is 44.8 Å². The molecular weight excluding hydrogens is 352 g/mol. The second kappa shape index (κ2) is 9.12. The highest BCUT2D eigenvalue weighted by molar-refractivity contribution is 6.02. The third-order valence-corrected chi connectivity index (χ3v) is 5.04. The Balaban J connectivity index is 1.50. The van der Waals surface area contributed by atoms with Gasteiger partial charge in [-0.15, -0.1) is 10.2 Å². The minimum Gasteiger partial charge on any atom is -0.364 e. The molecule has 0 bridgehead atoms. The number of para-hydroxylation sites is 1. The Morgan fingerprint density at radius 2 is 1.75 bits per heavy atom. The molecule has 3 rings (SSSR count). The third kappa shape index (κ3) is 6.00. The molecule has 1 aliphatic rings. The number of piperazine rings is 1. The molecule has 150 valence electrons. The normalized spacial score (nSPS) is 16.0. The van der Waals surface area contributed by atoms with Crippen LogP contribution in [-0.2, 0) is 0 Å². The zero-order valence-corrected chi connectivity index (χ0v) is 17.0. The first-order valence-electron chi connectivity index (χ1n) is 9.80. The van der Waals surface area contributed by atoms with Gasteiger partial charge in [-0.1, -0.05) is 18.2 Å². The van der Waals surface area contributed by atoms with E-state index in [2.05, 4.69) is 51.5 Å². The predicted molar refractivity (Wildman–Crippen MR) is 113 cm³/mol. The van der Waals surface area contributed by atoms with Crippen molar-refractivity contribution in [3.63, 3.8) is 0 Å². The molecule has 1 aliphatic heterocycles. The number of rotatable bonds is 7. The summed E-state index contributed by atoms with van der Waals surface area (Å²) >= 11 is 0. The lowest BCUT2D eigenvalue weighted by atomic mass is 10.00. The van der Waals surface area contributed by atoms with E-state index in [1.807, 2.05) is 36.4 Å². The minimum atomic E-state index is -0.264. The largest absolute Gasteiger partial charge is 0.364 e. The predicted octanol–water partition coefficient (Wildman–Crippen LogP) is 2.56. The lowest BCUT2D eigenvalue weighted by Crippen LogP contribution is -2.46. The molecule has 1 amide bonds. The molecule has 7 heteroatoms. The first kappa shape index (κ1) is 20.2. The van der Waals surface area contributed by atoms with E-state index in [-0.39, 0.29) is 11.4 Å². The second-order valence-electron chi connectivity index (χ2n) is 8.03. The molecule has 28 heavy (non-hydrogen) atoms. The van der Waals surface area contributed by atoms with Gasteiger partial charge in [-0.2, -0.15) is 0 Å². The highest BCUT2D eigenvalue weighted by atomic mass is 16.1. The summed E-state index contributed by atoms with van der Waals surface area (Å²) in [7, 11) is 2.17. The van der Waals surface area contributed by atoms with Gasteiger partial charge in [0.25, 0.3) is 5.91 Å². The standard InChI is InChI=1S/C21H30N6O/c1-21(2,11-12-27-15-13-26(3)14-16-27)23-19-10-9-18(24-25-19)20(28)22-17-7-5-4-6-8-17/h4-10H,11-16H2,1-3H3,(H,22,28)(H,23,25). The Labute approximate surface area is 167 Å². The van der Waals surface area contributed by atoms with E-state index in [0.29, 0.717) is 11.5 Å². The van der Waals surface area contributed by atoms with Crippen LogP contribution in [0, 0.1) is 0 Å². The summed E-state index contributed by atoms with van der Waals surface area (Å²) in [5.41, 5.74) is 0.928. The Hall–Kier alpha value is -2.51. The summed E-state index contributed by atoms with van der Waals surface area (Å²) in [5.74, 6) is 0.416. The van der Waals surface area contributed by atoms with E-state index in [1.54, 1.807) is 6.07 Å². The van der Waals surface area contributed by atoms with E-state index in [1.165, 1.54) is 0 Å². The van der Waals surface area contributed by atoms with Gasteiger partial charge in [-0.25, -0.2) is 0 Å². The van der Waals surface area contributed by atoms with Crippen molar-refractivity contribution in [3.8, 4) is 0 Å². The van der Waals surface area contributed by atoms with Crippen LogP contribution in [0.3, 0.4) is 0 Å². The van der Waals surface area contributed by atoms with Gasteiger partial charge in [-0.05, 0) is 51.6 Å². The van der Waals surface area contributed by atoms with Crippen molar-refractivity contribution in [2.45, 2.75) is 25.8 Å². The topological polar surface area (TPSA) is 73.4 Å². The van der Waals surface area contributed by atoms with E-state index in [4.69, 9.17) is 0 Å². The van der Waals surface area contributed by atoms with Crippen LogP contribution in [-0.4, -0.2) is 71.2 Å². The second-order valence-corrected chi connectivity index (χ2v) is 8.03. The molecule has 0 unspecified atom stereocenters. The maximum atomic E-state index is 12.3. The van der Waals surface area contributed by atoms with Crippen LogP contribution in [0.1, 0.15) is 30.8 Å². The van der Waals surface area contributed by atoms with Gasteiger partial charge in [-0.3, -0.25) is 4.79 Å². The molecule has 2 heterocycles. The number of nitrogens with zero attached hydrogens (tertiary/aromatic N) is 4. The van der Waals surface area contributed by atoms with Gasteiger partial charge in [0.1, 0.15) is 5.82 Å². The Kier molecular flexibility index (Phi) is 6.59. The highest BCUT2D eigenvalue weighted by Gasteiger charge is 2.21. The SMILES string of the molecule is CN1CCN(CCC(C)(C)Nc2ccc(C(=O)Nc3ccccc3)nn2)CC1. The van der Waals surface area contributed by atoms with Crippen molar-refractivity contribution in [1.29, 1.82) is 0 Å². The lowest BCUT2D eigenvalue weighted by Gasteiger charge is -2.35. The third-order valence-electron chi connectivity index (χ3n) is 5.04. The summed E-state index contributed by atoms with van der Waals surface area (Å²) < 4.78 is 0. The number of carbonyl (C=O) groups excluding carboxylic acids is 1. The first-order valence-corrected chi connectivity index (χ1v) is 9.80. The van der Waals surface area contributed by atoms with Gasteiger partial charge in [0, 0.05) is 44.0 Å². The Bertz CT molecular complexity index is 754. The zero-order chi connectivity index (χ0) is 20.0. The molecule has 1 fully saturated rings. The number of aromatic nitrogens is 2. The van der Waals surface area contributed by atoms with E-state index >= 15 is 0 Å².